The van der Waals surface area contributed by atoms with E-state index in [1.807, 2.05) is 0 Å². The summed E-state index contributed by atoms with van der Waals surface area (Å²) >= 11 is 0. The molecule has 1 atom stereocenters. The van der Waals surface area contributed by atoms with Crippen molar-refractivity contribution in [3.63, 3.8) is 0 Å². The van der Waals surface area contributed by atoms with Gasteiger partial charge in [-0.25, -0.2) is 0 Å². The van der Waals surface area contributed by atoms with E-state index in [1.165, 1.54) is 51.9 Å². The van der Waals surface area contributed by atoms with E-state index in [2.05, 4.69) is 37.9 Å². The minimum atomic E-state index is 0.786. The van der Waals surface area contributed by atoms with Gasteiger partial charge in [-0.1, -0.05) is 27.7 Å². The lowest BCUT2D eigenvalue weighted by Gasteiger charge is -2.26. The second kappa shape index (κ2) is 8.10. The molecule has 2 heteroatoms. The van der Waals surface area contributed by atoms with Gasteiger partial charge in [0.2, 0.25) is 0 Å². The topological polar surface area (TPSA) is 15.3 Å². The molecule has 1 N–H and O–H groups in total. The Hall–Kier alpha value is -0.0800. The summed E-state index contributed by atoms with van der Waals surface area (Å²) in [5.41, 5.74) is 0. The third-order valence-corrected chi connectivity index (χ3v) is 3.52. The maximum absolute atomic E-state index is 3.54. The Labute approximate surface area is 108 Å². The van der Waals surface area contributed by atoms with E-state index >= 15 is 0 Å². The maximum atomic E-state index is 3.54. The molecule has 0 saturated heterocycles. The van der Waals surface area contributed by atoms with Crippen molar-refractivity contribution in [1.29, 1.82) is 0 Å². The first kappa shape index (κ1) is 15.0. The van der Waals surface area contributed by atoms with E-state index in [1.54, 1.807) is 0 Å². The molecule has 1 rings (SSSR count). The molecule has 0 amide bonds. The van der Waals surface area contributed by atoms with Gasteiger partial charge in [-0.05, 0) is 57.2 Å². The summed E-state index contributed by atoms with van der Waals surface area (Å²) in [4.78, 5) is 2.73. The number of rotatable bonds is 10. The van der Waals surface area contributed by atoms with Crippen molar-refractivity contribution in [3.8, 4) is 0 Å². The van der Waals surface area contributed by atoms with Gasteiger partial charge in [0.05, 0.1) is 0 Å². The normalized spacial score (nSPS) is 18.0. The average molecular weight is 240 g/mol. The van der Waals surface area contributed by atoms with Gasteiger partial charge in [-0.3, -0.25) is 0 Å². The van der Waals surface area contributed by atoms with Crippen LogP contribution in [0.4, 0.5) is 0 Å². The van der Waals surface area contributed by atoms with Crippen LogP contribution in [0.2, 0.25) is 0 Å². The molecular weight excluding hydrogens is 208 g/mol. The molecule has 1 aliphatic carbocycles. The molecule has 1 aliphatic rings. The Bertz CT molecular complexity index is 187. The molecule has 0 aromatic heterocycles. The first-order valence-electron chi connectivity index (χ1n) is 7.58. The number of nitrogens with one attached hydrogen (secondary N) is 1. The maximum Gasteiger partial charge on any atom is 0.00965 e. The Kier molecular flexibility index (Phi) is 7.14. The Morgan fingerprint density at radius 3 is 2.47 bits per heavy atom. The van der Waals surface area contributed by atoms with Crippen molar-refractivity contribution >= 4 is 0 Å². The highest BCUT2D eigenvalue weighted by molar-refractivity contribution is 4.85. The van der Waals surface area contributed by atoms with Crippen molar-refractivity contribution in [2.45, 2.75) is 59.4 Å². The van der Waals surface area contributed by atoms with Gasteiger partial charge in [-0.15, -0.1) is 0 Å². The zero-order valence-corrected chi connectivity index (χ0v) is 12.3. The first-order valence-corrected chi connectivity index (χ1v) is 7.58. The Morgan fingerprint density at radius 2 is 1.94 bits per heavy atom. The highest BCUT2D eigenvalue weighted by Gasteiger charge is 2.29. The smallest absolute Gasteiger partial charge is 0.00965 e. The molecule has 0 aromatic rings. The quantitative estimate of drug-likeness (QED) is 0.590. The first-order chi connectivity index (χ1) is 8.13. The van der Waals surface area contributed by atoms with Gasteiger partial charge in [0, 0.05) is 12.6 Å². The lowest BCUT2D eigenvalue weighted by atomic mass is 10.1. The largest absolute Gasteiger partial charge is 0.316 e. The standard InChI is InChI=1S/C15H32N2/c1-5-9-16-11-14(4)12-17(15-6-7-15)10-8-13(2)3/h13-16H,5-12H2,1-4H3. The third kappa shape index (κ3) is 7.05. The molecule has 0 heterocycles. The van der Waals surface area contributed by atoms with E-state index in [9.17, 15) is 0 Å². The number of nitrogens with zero attached hydrogens (tertiary/aromatic N) is 1. The molecule has 0 bridgehead atoms. The van der Waals surface area contributed by atoms with Crippen molar-refractivity contribution in [2.75, 3.05) is 26.2 Å². The lowest BCUT2D eigenvalue weighted by molar-refractivity contribution is 0.214. The zero-order chi connectivity index (χ0) is 12.7. The van der Waals surface area contributed by atoms with Crippen LogP contribution in [-0.2, 0) is 0 Å². The second-order valence-electron chi connectivity index (χ2n) is 6.22. The van der Waals surface area contributed by atoms with Gasteiger partial charge in [0.15, 0.2) is 0 Å². The van der Waals surface area contributed by atoms with E-state index in [0.717, 1.165) is 17.9 Å². The summed E-state index contributed by atoms with van der Waals surface area (Å²) in [6.07, 6.45) is 5.47. The minimum absolute atomic E-state index is 0.786. The summed E-state index contributed by atoms with van der Waals surface area (Å²) < 4.78 is 0. The van der Waals surface area contributed by atoms with Crippen LogP contribution < -0.4 is 5.32 Å². The van der Waals surface area contributed by atoms with Crippen LogP contribution in [0.15, 0.2) is 0 Å². The molecular formula is C15H32N2. The molecule has 1 saturated carbocycles. The molecule has 1 unspecified atom stereocenters. The van der Waals surface area contributed by atoms with Gasteiger partial charge in [-0.2, -0.15) is 0 Å². The molecule has 0 radical (unpaired) electrons. The Balaban J connectivity index is 2.18. The lowest BCUT2D eigenvalue weighted by Crippen LogP contribution is -2.36. The van der Waals surface area contributed by atoms with Gasteiger partial charge < -0.3 is 10.2 Å². The SMILES string of the molecule is CCCNCC(C)CN(CCC(C)C)C1CC1. The summed E-state index contributed by atoms with van der Waals surface area (Å²) in [7, 11) is 0. The van der Waals surface area contributed by atoms with Crippen molar-refractivity contribution in [1.82, 2.24) is 10.2 Å². The van der Waals surface area contributed by atoms with E-state index in [-0.39, 0.29) is 0 Å². The van der Waals surface area contributed by atoms with Crippen LogP contribution in [0, 0.1) is 11.8 Å². The van der Waals surface area contributed by atoms with E-state index < -0.39 is 0 Å². The number of hydrogen-bond acceptors (Lipinski definition) is 2. The van der Waals surface area contributed by atoms with Gasteiger partial charge >= 0.3 is 0 Å². The predicted molar refractivity (Wildman–Crippen MR) is 76.4 cm³/mol. The summed E-state index contributed by atoms with van der Waals surface area (Å²) in [6, 6.07) is 0.919. The van der Waals surface area contributed by atoms with Crippen LogP contribution in [0.25, 0.3) is 0 Å². The third-order valence-electron chi connectivity index (χ3n) is 3.52. The number of hydrogen-bond donors (Lipinski definition) is 1. The molecule has 2 nitrogen and oxygen atoms in total. The molecule has 102 valence electrons. The van der Waals surface area contributed by atoms with Crippen LogP contribution in [-0.4, -0.2) is 37.1 Å². The average Bonchev–Trinajstić information content (AvgIpc) is 3.08. The summed E-state index contributed by atoms with van der Waals surface area (Å²) in [5.74, 6) is 1.62. The van der Waals surface area contributed by atoms with E-state index in [0.29, 0.717) is 0 Å². The fourth-order valence-corrected chi connectivity index (χ4v) is 2.28. The Morgan fingerprint density at radius 1 is 1.24 bits per heavy atom. The minimum Gasteiger partial charge on any atom is -0.316 e. The molecule has 0 spiro atoms. The second-order valence-corrected chi connectivity index (χ2v) is 6.22. The summed E-state index contributed by atoms with van der Waals surface area (Å²) in [5, 5.41) is 3.54. The van der Waals surface area contributed by atoms with Gasteiger partial charge in [0.25, 0.3) is 0 Å². The highest BCUT2D eigenvalue weighted by atomic mass is 15.2. The fraction of sp³-hybridized carbons (Fsp3) is 1.00. The zero-order valence-electron chi connectivity index (χ0n) is 12.3. The molecule has 0 aliphatic heterocycles. The van der Waals surface area contributed by atoms with Crippen LogP contribution in [0.1, 0.15) is 53.4 Å². The van der Waals surface area contributed by atoms with Crippen molar-refractivity contribution < 1.29 is 0 Å². The predicted octanol–water partition coefficient (Wildman–Crippen LogP) is 3.13. The van der Waals surface area contributed by atoms with Crippen molar-refractivity contribution in [2.24, 2.45) is 11.8 Å². The van der Waals surface area contributed by atoms with Gasteiger partial charge in [0.1, 0.15) is 0 Å². The van der Waals surface area contributed by atoms with Crippen LogP contribution >= 0.6 is 0 Å². The molecule has 1 fully saturated rings. The van der Waals surface area contributed by atoms with E-state index in [4.69, 9.17) is 0 Å². The monoisotopic (exact) mass is 240 g/mol. The molecule has 17 heavy (non-hydrogen) atoms. The molecule has 0 aromatic carbocycles. The van der Waals surface area contributed by atoms with Crippen LogP contribution in [0.3, 0.4) is 0 Å². The fourth-order valence-electron chi connectivity index (χ4n) is 2.28. The highest BCUT2D eigenvalue weighted by Crippen LogP contribution is 2.28. The van der Waals surface area contributed by atoms with Crippen LogP contribution in [0.5, 0.6) is 0 Å². The van der Waals surface area contributed by atoms with Crippen molar-refractivity contribution in [3.05, 3.63) is 0 Å². The summed E-state index contributed by atoms with van der Waals surface area (Å²) in [6.45, 7) is 14.2.